The van der Waals surface area contributed by atoms with Crippen LogP contribution in [0.2, 0.25) is 0 Å². The fourth-order valence-electron chi connectivity index (χ4n) is 3.13. The zero-order valence-electron chi connectivity index (χ0n) is 11.7. The van der Waals surface area contributed by atoms with Crippen molar-refractivity contribution in [2.24, 2.45) is 5.92 Å². The van der Waals surface area contributed by atoms with Gasteiger partial charge in [0.25, 0.3) is 0 Å². The van der Waals surface area contributed by atoms with E-state index in [2.05, 4.69) is 6.92 Å². The van der Waals surface area contributed by atoms with Crippen molar-refractivity contribution < 1.29 is 18.3 Å². The lowest BCUT2D eigenvalue weighted by Crippen LogP contribution is -2.31. The van der Waals surface area contributed by atoms with Crippen LogP contribution in [0.1, 0.15) is 56.6 Å². The fraction of sp³-hybridized carbons (Fsp3) is 0.625. The first-order valence-corrected chi connectivity index (χ1v) is 7.25. The lowest BCUT2D eigenvalue weighted by atomic mass is 9.74. The average molecular weight is 286 g/mol. The molecule has 1 aromatic rings. The van der Waals surface area contributed by atoms with Crippen molar-refractivity contribution in [3.05, 3.63) is 35.4 Å². The van der Waals surface area contributed by atoms with E-state index < -0.39 is 17.3 Å². The summed E-state index contributed by atoms with van der Waals surface area (Å²) in [6.45, 7) is 2.13. The maximum atomic E-state index is 12.7. The predicted molar refractivity (Wildman–Crippen MR) is 72.2 cm³/mol. The van der Waals surface area contributed by atoms with E-state index in [1.54, 1.807) is 6.07 Å². The smallest absolute Gasteiger partial charge is 0.385 e. The normalized spacial score (nSPS) is 27.6. The third-order valence-electron chi connectivity index (χ3n) is 4.36. The average Bonchev–Trinajstić information content (AvgIpc) is 2.41. The largest absolute Gasteiger partial charge is 0.416 e. The van der Waals surface area contributed by atoms with Crippen LogP contribution in [0.4, 0.5) is 13.2 Å². The molecule has 2 rings (SSSR count). The molecule has 112 valence electrons. The van der Waals surface area contributed by atoms with Crippen LogP contribution in [0, 0.1) is 5.92 Å². The number of aliphatic hydroxyl groups is 1. The molecule has 0 spiro atoms. The molecule has 1 fully saturated rings. The molecule has 1 N–H and O–H groups in total. The molecule has 1 saturated carbocycles. The molecule has 0 amide bonds. The first-order chi connectivity index (χ1) is 9.35. The van der Waals surface area contributed by atoms with Gasteiger partial charge in [-0.2, -0.15) is 13.2 Å². The molecule has 0 atom stereocenters. The van der Waals surface area contributed by atoms with Gasteiger partial charge in [0.2, 0.25) is 0 Å². The van der Waals surface area contributed by atoms with E-state index in [1.807, 2.05) is 0 Å². The highest BCUT2D eigenvalue weighted by Crippen LogP contribution is 2.42. The van der Waals surface area contributed by atoms with Crippen molar-refractivity contribution in [3.63, 3.8) is 0 Å². The van der Waals surface area contributed by atoms with Gasteiger partial charge in [0.1, 0.15) is 0 Å². The standard InChI is InChI=1S/C16H21F3O/c1-2-4-12-7-9-15(20,10-8-12)13-5-3-6-14(11-13)16(17,18)19/h3,5-6,11-12,20H,2,4,7-10H2,1H3. The minimum Gasteiger partial charge on any atom is -0.385 e. The van der Waals surface area contributed by atoms with Crippen LogP contribution >= 0.6 is 0 Å². The van der Waals surface area contributed by atoms with Crippen LogP contribution in [0.5, 0.6) is 0 Å². The SMILES string of the molecule is CCCC1CCC(O)(c2cccc(C(F)(F)F)c2)CC1. The van der Waals surface area contributed by atoms with Gasteiger partial charge in [-0.3, -0.25) is 0 Å². The Morgan fingerprint density at radius 3 is 2.45 bits per heavy atom. The van der Waals surface area contributed by atoms with E-state index >= 15 is 0 Å². The molecule has 1 aromatic carbocycles. The number of benzene rings is 1. The molecule has 0 saturated heterocycles. The molecular formula is C16H21F3O. The third-order valence-corrected chi connectivity index (χ3v) is 4.36. The Labute approximate surface area is 117 Å². The molecule has 0 aromatic heterocycles. The first kappa shape index (κ1) is 15.4. The molecular weight excluding hydrogens is 265 g/mol. The van der Waals surface area contributed by atoms with E-state index in [0.717, 1.165) is 37.8 Å². The minimum absolute atomic E-state index is 0.405. The van der Waals surface area contributed by atoms with Gasteiger partial charge in [-0.25, -0.2) is 0 Å². The molecule has 0 bridgehead atoms. The predicted octanol–water partition coefficient (Wildman–Crippen LogP) is 4.88. The minimum atomic E-state index is -4.36. The topological polar surface area (TPSA) is 20.2 Å². The van der Waals surface area contributed by atoms with Crippen molar-refractivity contribution in [2.75, 3.05) is 0 Å². The van der Waals surface area contributed by atoms with Gasteiger partial charge < -0.3 is 5.11 Å². The Morgan fingerprint density at radius 1 is 1.25 bits per heavy atom. The molecule has 0 radical (unpaired) electrons. The summed E-state index contributed by atoms with van der Waals surface area (Å²) in [4.78, 5) is 0. The highest BCUT2D eigenvalue weighted by Gasteiger charge is 2.37. The summed E-state index contributed by atoms with van der Waals surface area (Å²) in [5.74, 6) is 0.603. The number of halogens is 3. The highest BCUT2D eigenvalue weighted by molar-refractivity contribution is 5.30. The second-order valence-electron chi connectivity index (χ2n) is 5.84. The second-order valence-corrected chi connectivity index (χ2v) is 5.84. The third kappa shape index (κ3) is 3.35. The van der Waals surface area contributed by atoms with Gasteiger partial charge in [0.15, 0.2) is 0 Å². The van der Waals surface area contributed by atoms with Crippen molar-refractivity contribution in [1.29, 1.82) is 0 Å². The molecule has 0 aliphatic heterocycles. The summed E-state index contributed by atoms with van der Waals surface area (Å²) < 4.78 is 38.2. The summed E-state index contributed by atoms with van der Waals surface area (Å²) in [6.07, 6.45) is 0.788. The van der Waals surface area contributed by atoms with Gasteiger partial charge in [0, 0.05) is 0 Å². The molecule has 0 heterocycles. The Bertz CT molecular complexity index is 445. The van der Waals surface area contributed by atoms with E-state index in [-0.39, 0.29) is 0 Å². The zero-order valence-corrected chi connectivity index (χ0v) is 11.7. The van der Waals surface area contributed by atoms with E-state index in [4.69, 9.17) is 0 Å². The van der Waals surface area contributed by atoms with Gasteiger partial charge in [-0.15, -0.1) is 0 Å². The Balaban J connectivity index is 2.15. The summed E-state index contributed by atoms with van der Waals surface area (Å²) in [6, 6.07) is 5.14. The van der Waals surface area contributed by atoms with Gasteiger partial charge in [-0.1, -0.05) is 31.9 Å². The summed E-state index contributed by atoms with van der Waals surface area (Å²) in [5, 5.41) is 10.7. The number of alkyl halides is 3. The van der Waals surface area contributed by atoms with E-state index in [9.17, 15) is 18.3 Å². The Kier molecular flexibility index (Phi) is 4.43. The highest BCUT2D eigenvalue weighted by atomic mass is 19.4. The van der Waals surface area contributed by atoms with E-state index in [0.29, 0.717) is 24.3 Å². The molecule has 20 heavy (non-hydrogen) atoms. The van der Waals surface area contributed by atoms with Crippen LogP contribution in [-0.2, 0) is 11.8 Å². The second kappa shape index (κ2) is 5.76. The monoisotopic (exact) mass is 286 g/mol. The molecule has 4 heteroatoms. The fourth-order valence-corrected chi connectivity index (χ4v) is 3.13. The summed E-state index contributed by atoms with van der Waals surface area (Å²) in [5.41, 5.74) is -1.37. The van der Waals surface area contributed by atoms with Crippen LogP contribution < -0.4 is 0 Å². The summed E-state index contributed by atoms with van der Waals surface area (Å²) in [7, 11) is 0. The first-order valence-electron chi connectivity index (χ1n) is 7.25. The van der Waals surface area contributed by atoms with Gasteiger partial charge in [-0.05, 0) is 49.3 Å². The van der Waals surface area contributed by atoms with Crippen LogP contribution in [0.25, 0.3) is 0 Å². The van der Waals surface area contributed by atoms with Crippen molar-refractivity contribution in [2.45, 2.75) is 57.2 Å². The van der Waals surface area contributed by atoms with Crippen LogP contribution in [-0.4, -0.2) is 5.11 Å². The Hall–Kier alpha value is -1.03. The van der Waals surface area contributed by atoms with Gasteiger partial charge in [0.05, 0.1) is 11.2 Å². The Morgan fingerprint density at radius 2 is 1.90 bits per heavy atom. The number of hydrogen-bond acceptors (Lipinski definition) is 1. The quantitative estimate of drug-likeness (QED) is 0.839. The zero-order chi connectivity index (χ0) is 14.8. The van der Waals surface area contributed by atoms with Crippen LogP contribution in [0.3, 0.4) is 0 Å². The summed E-state index contributed by atoms with van der Waals surface area (Å²) >= 11 is 0. The molecule has 1 nitrogen and oxygen atoms in total. The lowest BCUT2D eigenvalue weighted by molar-refractivity contribution is -0.137. The van der Waals surface area contributed by atoms with Crippen molar-refractivity contribution in [1.82, 2.24) is 0 Å². The molecule has 1 aliphatic rings. The maximum Gasteiger partial charge on any atom is 0.416 e. The van der Waals surface area contributed by atoms with E-state index in [1.165, 1.54) is 6.07 Å². The van der Waals surface area contributed by atoms with Crippen molar-refractivity contribution >= 4 is 0 Å². The lowest BCUT2D eigenvalue weighted by Gasteiger charge is -2.36. The van der Waals surface area contributed by atoms with Gasteiger partial charge >= 0.3 is 6.18 Å². The molecule has 0 unspecified atom stereocenters. The number of rotatable bonds is 3. The van der Waals surface area contributed by atoms with Crippen LogP contribution in [0.15, 0.2) is 24.3 Å². The maximum absolute atomic E-state index is 12.7. The molecule has 1 aliphatic carbocycles. The number of hydrogen-bond donors (Lipinski definition) is 1. The van der Waals surface area contributed by atoms with Crippen molar-refractivity contribution in [3.8, 4) is 0 Å².